The fraction of sp³-hybridized carbons (Fsp3) is 0.450. The zero-order chi connectivity index (χ0) is 20.9. The average molecular weight is 443 g/mol. The Labute approximate surface area is 175 Å². The Kier molecular flexibility index (Phi) is 7.32. The predicted octanol–water partition coefficient (Wildman–Crippen LogP) is 3.36. The molecular formula is C20H24ClFN2O4S. The Morgan fingerprint density at radius 1 is 1.24 bits per heavy atom. The molecule has 3 rings (SSSR count). The number of carbonyl (C=O) groups excluding carboxylic acids is 1. The molecule has 0 bridgehead atoms. The molecule has 0 aliphatic carbocycles. The van der Waals surface area contributed by atoms with E-state index in [1.54, 1.807) is 6.26 Å². The maximum Gasteiger partial charge on any atom is 0.223 e. The lowest BCUT2D eigenvalue weighted by Gasteiger charge is -2.30. The molecule has 2 heterocycles. The van der Waals surface area contributed by atoms with Crippen LogP contribution in [0.2, 0.25) is 5.02 Å². The van der Waals surface area contributed by atoms with Crippen molar-refractivity contribution >= 4 is 27.5 Å². The summed E-state index contributed by atoms with van der Waals surface area (Å²) in [6, 6.07) is 7.83. The minimum atomic E-state index is -3.71. The maximum absolute atomic E-state index is 13.9. The van der Waals surface area contributed by atoms with Crippen LogP contribution in [0, 0.1) is 11.7 Å². The summed E-state index contributed by atoms with van der Waals surface area (Å²) in [6.45, 7) is 1.02. The van der Waals surface area contributed by atoms with Gasteiger partial charge in [-0.3, -0.25) is 4.79 Å². The molecule has 1 saturated heterocycles. The number of nitrogens with zero attached hydrogens (tertiary/aromatic N) is 1. The van der Waals surface area contributed by atoms with Crippen molar-refractivity contribution in [2.24, 2.45) is 5.92 Å². The quantitative estimate of drug-likeness (QED) is 0.636. The number of carbonyl (C=O) groups is 1. The number of aryl methyl sites for hydroxylation is 1. The number of furan rings is 1. The molecule has 0 saturated carbocycles. The van der Waals surface area contributed by atoms with Crippen LogP contribution in [0.15, 0.2) is 41.0 Å². The molecule has 6 nitrogen and oxygen atoms in total. The van der Waals surface area contributed by atoms with Crippen LogP contribution < -0.4 is 5.32 Å². The maximum atomic E-state index is 13.9. The van der Waals surface area contributed by atoms with Crippen molar-refractivity contribution in [3.63, 3.8) is 0 Å². The normalized spacial score (nSPS) is 16.1. The molecule has 1 N–H and O–H groups in total. The zero-order valence-electron chi connectivity index (χ0n) is 15.9. The number of hydrogen-bond donors (Lipinski definition) is 1. The van der Waals surface area contributed by atoms with Gasteiger partial charge in [0.2, 0.25) is 15.9 Å². The molecule has 0 spiro atoms. The van der Waals surface area contributed by atoms with E-state index < -0.39 is 21.6 Å². The molecule has 29 heavy (non-hydrogen) atoms. The lowest BCUT2D eigenvalue weighted by atomic mass is 9.97. The summed E-state index contributed by atoms with van der Waals surface area (Å²) in [5, 5.41) is 3.00. The van der Waals surface area contributed by atoms with Gasteiger partial charge >= 0.3 is 0 Å². The molecule has 1 aliphatic rings. The Bertz CT molecular complexity index is 906. The second-order valence-electron chi connectivity index (χ2n) is 7.10. The van der Waals surface area contributed by atoms with Gasteiger partial charge in [-0.25, -0.2) is 17.1 Å². The number of nitrogens with one attached hydrogen (secondary N) is 1. The predicted molar refractivity (Wildman–Crippen MR) is 108 cm³/mol. The van der Waals surface area contributed by atoms with Crippen molar-refractivity contribution in [3.05, 3.63) is 58.8 Å². The standard InChI is InChI=1S/C20H24ClFN2O4S/c21-18-6-1-7-19(22)17(18)14-29(26,27)24-11-8-15(9-12-24)20(25)23-10-2-4-16-5-3-13-28-16/h1,3,5-7,13,15H,2,4,8-12,14H2,(H,23,25). The third-order valence-electron chi connectivity index (χ3n) is 5.09. The Hall–Kier alpha value is -1.90. The van der Waals surface area contributed by atoms with Crippen molar-refractivity contribution in [3.8, 4) is 0 Å². The van der Waals surface area contributed by atoms with Crippen LogP contribution in [0.4, 0.5) is 4.39 Å². The van der Waals surface area contributed by atoms with Gasteiger partial charge in [0.05, 0.1) is 12.0 Å². The fourth-order valence-electron chi connectivity index (χ4n) is 3.41. The molecule has 1 fully saturated rings. The van der Waals surface area contributed by atoms with Gasteiger partial charge < -0.3 is 9.73 Å². The monoisotopic (exact) mass is 442 g/mol. The second-order valence-corrected chi connectivity index (χ2v) is 9.48. The highest BCUT2D eigenvalue weighted by Gasteiger charge is 2.32. The summed E-state index contributed by atoms with van der Waals surface area (Å²) in [7, 11) is -3.71. The summed E-state index contributed by atoms with van der Waals surface area (Å²) in [6.07, 6.45) is 4.02. The lowest BCUT2D eigenvalue weighted by molar-refractivity contribution is -0.126. The van der Waals surface area contributed by atoms with Crippen molar-refractivity contribution < 1.29 is 22.0 Å². The van der Waals surface area contributed by atoms with Gasteiger partial charge in [0.25, 0.3) is 0 Å². The van der Waals surface area contributed by atoms with Crippen LogP contribution in [0.5, 0.6) is 0 Å². The van der Waals surface area contributed by atoms with Crippen LogP contribution in [0.3, 0.4) is 0 Å². The second kappa shape index (κ2) is 9.73. The van der Waals surface area contributed by atoms with Crippen LogP contribution >= 0.6 is 11.6 Å². The summed E-state index contributed by atoms with van der Waals surface area (Å²) >= 11 is 5.95. The molecule has 1 aromatic carbocycles. The minimum absolute atomic E-state index is 0.0226. The van der Waals surface area contributed by atoms with Crippen LogP contribution in [0.1, 0.15) is 30.6 Å². The van der Waals surface area contributed by atoms with Crippen molar-refractivity contribution in [1.29, 1.82) is 0 Å². The molecule has 0 atom stereocenters. The first kappa shape index (κ1) is 21.8. The van der Waals surface area contributed by atoms with E-state index in [2.05, 4.69) is 5.32 Å². The summed E-state index contributed by atoms with van der Waals surface area (Å²) in [5.74, 6) is -0.513. The Morgan fingerprint density at radius 2 is 2.00 bits per heavy atom. The van der Waals surface area contributed by atoms with E-state index in [0.29, 0.717) is 19.4 Å². The smallest absolute Gasteiger partial charge is 0.223 e. The van der Waals surface area contributed by atoms with E-state index in [1.165, 1.54) is 22.5 Å². The first-order valence-electron chi connectivity index (χ1n) is 9.57. The molecule has 158 valence electrons. The summed E-state index contributed by atoms with van der Waals surface area (Å²) < 4.78 is 45.8. The van der Waals surface area contributed by atoms with Crippen molar-refractivity contribution in [2.75, 3.05) is 19.6 Å². The summed E-state index contributed by atoms with van der Waals surface area (Å²) in [4.78, 5) is 12.3. The molecule has 0 radical (unpaired) electrons. The first-order chi connectivity index (χ1) is 13.9. The van der Waals surface area contributed by atoms with E-state index in [0.717, 1.165) is 18.6 Å². The molecule has 2 aromatic rings. The van der Waals surface area contributed by atoms with E-state index in [4.69, 9.17) is 16.0 Å². The lowest BCUT2D eigenvalue weighted by Crippen LogP contribution is -2.43. The number of benzene rings is 1. The van der Waals surface area contributed by atoms with Crippen LogP contribution in [-0.4, -0.2) is 38.3 Å². The summed E-state index contributed by atoms with van der Waals surface area (Å²) in [5.41, 5.74) is -0.0226. The molecule has 0 unspecified atom stereocenters. The van der Waals surface area contributed by atoms with E-state index in [1.807, 2.05) is 12.1 Å². The SMILES string of the molecule is O=C(NCCCc1ccco1)C1CCN(S(=O)(=O)Cc2c(F)cccc2Cl)CC1. The molecule has 1 amide bonds. The Morgan fingerprint density at radius 3 is 2.66 bits per heavy atom. The minimum Gasteiger partial charge on any atom is -0.469 e. The topological polar surface area (TPSA) is 79.6 Å². The van der Waals surface area contributed by atoms with Gasteiger partial charge in [-0.1, -0.05) is 17.7 Å². The van der Waals surface area contributed by atoms with E-state index in [-0.39, 0.29) is 35.5 Å². The number of hydrogen-bond acceptors (Lipinski definition) is 4. The van der Waals surface area contributed by atoms with Crippen LogP contribution in [0.25, 0.3) is 0 Å². The highest BCUT2D eigenvalue weighted by atomic mass is 35.5. The van der Waals surface area contributed by atoms with E-state index in [9.17, 15) is 17.6 Å². The third-order valence-corrected chi connectivity index (χ3v) is 7.25. The third kappa shape index (κ3) is 5.81. The van der Waals surface area contributed by atoms with Gasteiger partial charge in [0, 0.05) is 42.6 Å². The first-order valence-corrected chi connectivity index (χ1v) is 11.6. The zero-order valence-corrected chi connectivity index (χ0v) is 17.5. The number of piperidine rings is 1. The van der Waals surface area contributed by atoms with Gasteiger partial charge in [-0.15, -0.1) is 0 Å². The number of halogens is 2. The Balaban J connectivity index is 1.46. The molecule has 1 aromatic heterocycles. The average Bonchev–Trinajstić information content (AvgIpc) is 3.22. The number of amides is 1. The van der Waals surface area contributed by atoms with Gasteiger partial charge in [-0.2, -0.15) is 0 Å². The van der Waals surface area contributed by atoms with E-state index >= 15 is 0 Å². The fourth-order valence-corrected chi connectivity index (χ4v) is 5.33. The van der Waals surface area contributed by atoms with Crippen molar-refractivity contribution in [1.82, 2.24) is 9.62 Å². The van der Waals surface area contributed by atoms with Gasteiger partial charge in [-0.05, 0) is 43.5 Å². The number of sulfonamides is 1. The molecular weight excluding hydrogens is 419 g/mol. The molecule has 1 aliphatic heterocycles. The largest absolute Gasteiger partial charge is 0.469 e. The number of rotatable bonds is 8. The highest BCUT2D eigenvalue weighted by molar-refractivity contribution is 7.88. The van der Waals surface area contributed by atoms with Crippen LogP contribution in [-0.2, 0) is 27.0 Å². The van der Waals surface area contributed by atoms with Gasteiger partial charge in [0.1, 0.15) is 11.6 Å². The van der Waals surface area contributed by atoms with Gasteiger partial charge in [0.15, 0.2) is 0 Å². The highest BCUT2D eigenvalue weighted by Crippen LogP contribution is 2.26. The molecule has 9 heteroatoms. The van der Waals surface area contributed by atoms with Crippen molar-refractivity contribution in [2.45, 2.75) is 31.4 Å².